The van der Waals surface area contributed by atoms with Crippen molar-refractivity contribution in [1.82, 2.24) is 9.55 Å². The van der Waals surface area contributed by atoms with Gasteiger partial charge in [-0.15, -0.1) is 11.3 Å². The molecule has 1 aromatic carbocycles. The van der Waals surface area contributed by atoms with E-state index in [1.54, 1.807) is 13.0 Å². The summed E-state index contributed by atoms with van der Waals surface area (Å²) in [7, 11) is 0. The van der Waals surface area contributed by atoms with Gasteiger partial charge in [0.1, 0.15) is 10.6 Å². The zero-order chi connectivity index (χ0) is 16.7. The molecule has 2 heterocycles. The van der Waals surface area contributed by atoms with Crippen LogP contribution in [0.2, 0.25) is 0 Å². The second kappa shape index (κ2) is 5.47. The number of halogens is 1. The second-order valence-electron chi connectivity index (χ2n) is 5.08. The molecule has 3 rings (SSSR count). The second-order valence-corrected chi connectivity index (χ2v) is 6.10. The minimum Gasteiger partial charge on any atom is -0.365 e. The van der Waals surface area contributed by atoms with Crippen LogP contribution in [-0.4, -0.2) is 15.5 Å². The fourth-order valence-corrected chi connectivity index (χ4v) is 3.49. The first kappa shape index (κ1) is 15.2. The topological polar surface area (TPSA) is 97.9 Å². The fourth-order valence-electron chi connectivity index (χ4n) is 2.45. The van der Waals surface area contributed by atoms with Gasteiger partial charge in [0, 0.05) is 0 Å². The molecule has 0 saturated carbocycles. The molecule has 3 aromatic rings. The third-order valence-corrected chi connectivity index (χ3v) is 4.75. The zero-order valence-corrected chi connectivity index (χ0v) is 12.9. The van der Waals surface area contributed by atoms with Gasteiger partial charge in [0.15, 0.2) is 0 Å². The quantitative estimate of drug-likeness (QED) is 0.757. The van der Waals surface area contributed by atoms with Crippen LogP contribution in [0.3, 0.4) is 0 Å². The summed E-state index contributed by atoms with van der Waals surface area (Å²) in [6.45, 7) is 1.54. The molecular formula is C15H12FN3O3S. The predicted octanol–water partition coefficient (Wildman–Crippen LogP) is 1.35. The van der Waals surface area contributed by atoms with E-state index in [9.17, 15) is 18.8 Å². The van der Waals surface area contributed by atoms with Crippen molar-refractivity contribution in [3.8, 4) is 0 Å². The first-order valence-electron chi connectivity index (χ1n) is 6.69. The average Bonchev–Trinajstić information content (AvgIpc) is 2.80. The van der Waals surface area contributed by atoms with Crippen LogP contribution in [0.15, 0.2) is 33.9 Å². The number of rotatable bonds is 3. The number of primary amides is 1. The number of nitrogens with zero attached hydrogens (tertiary/aromatic N) is 1. The maximum absolute atomic E-state index is 13.3. The standard InChI is InChI=1S/C15H12FN3O3S/c1-7-10-13(23-11(7)12(17)20)18-15(22)19(14(10)21)6-8-3-2-4-9(16)5-8/h2-5H,6H2,1H3,(H2,17,20)(H,18,22). The summed E-state index contributed by atoms with van der Waals surface area (Å²) in [5, 5.41) is 0.250. The number of amides is 1. The molecular weight excluding hydrogens is 321 g/mol. The van der Waals surface area contributed by atoms with Gasteiger partial charge in [-0.05, 0) is 30.2 Å². The number of hydrogen-bond acceptors (Lipinski definition) is 4. The third-order valence-electron chi connectivity index (χ3n) is 3.52. The molecule has 0 fully saturated rings. The SMILES string of the molecule is Cc1c(C(N)=O)sc2[nH]c(=O)n(Cc3cccc(F)c3)c(=O)c12. The average molecular weight is 333 g/mol. The highest BCUT2D eigenvalue weighted by atomic mass is 32.1. The number of aromatic amines is 1. The molecule has 3 N–H and O–H groups in total. The highest BCUT2D eigenvalue weighted by Crippen LogP contribution is 2.25. The number of carbonyl (C=O) groups excluding carboxylic acids is 1. The number of nitrogens with two attached hydrogens (primary N) is 1. The molecule has 118 valence electrons. The van der Waals surface area contributed by atoms with E-state index >= 15 is 0 Å². The van der Waals surface area contributed by atoms with E-state index < -0.39 is 23.0 Å². The van der Waals surface area contributed by atoms with E-state index in [0.29, 0.717) is 16.0 Å². The summed E-state index contributed by atoms with van der Waals surface area (Å²) in [4.78, 5) is 39.2. The summed E-state index contributed by atoms with van der Waals surface area (Å²) in [5.41, 5.74) is 5.04. The highest BCUT2D eigenvalue weighted by molar-refractivity contribution is 7.20. The van der Waals surface area contributed by atoms with Crippen molar-refractivity contribution >= 4 is 27.5 Å². The van der Waals surface area contributed by atoms with Crippen molar-refractivity contribution in [3.05, 3.63) is 66.9 Å². The Hall–Kier alpha value is -2.74. The maximum atomic E-state index is 13.3. The molecule has 0 bridgehead atoms. The van der Waals surface area contributed by atoms with Crippen LogP contribution in [0.4, 0.5) is 4.39 Å². The lowest BCUT2D eigenvalue weighted by Gasteiger charge is -2.05. The van der Waals surface area contributed by atoms with Crippen LogP contribution in [0, 0.1) is 12.7 Å². The Morgan fingerprint density at radius 2 is 2.13 bits per heavy atom. The van der Waals surface area contributed by atoms with Crippen molar-refractivity contribution in [2.75, 3.05) is 0 Å². The fraction of sp³-hybridized carbons (Fsp3) is 0.133. The predicted molar refractivity (Wildman–Crippen MR) is 85.5 cm³/mol. The molecule has 0 spiro atoms. The molecule has 0 atom stereocenters. The Balaban J connectivity index is 2.22. The van der Waals surface area contributed by atoms with E-state index in [1.807, 2.05) is 0 Å². The number of hydrogen-bond donors (Lipinski definition) is 2. The zero-order valence-electron chi connectivity index (χ0n) is 12.1. The number of aromatic nitrogens is 2. The van der Waals surface area contributed by atoms with Gasteiger partial charge < -0.3 is 5.73 Å². The highest BCUT2D eigenvalue weighted by Gasteiger charge is 2.18. The molecule has 0 radical (unpaired) electrons. The van der Waals surface area contributed by atoms with Crippen molar-refractivity contribution < 1.29 is 9.18 Å². The van der Waals surface area contributed by atoms with Crippen LogP contribution >= 0.6 is 11.3 Å². The van der Waals surface area contributed by atoms with E-state index in [0.717, 1.165) is 15.9 Å². The number of benzene rings is 1. The summed E-state index contributed by atoms with van der Waals surface area (Å²) in [6.07, 6.45) is 0. The van der Waals surface area contributed by atoms with Crippen LogP contribution in [-0.2, 0) is 6.54 Å². The first-order chi connectivity index (χ1) is 10.9. The van der Waals surface area contributed by atoms with Gasteiger partial charge in [-0.25, -0.2) is 9.18 Å². The molecule has 23 heavy (non-hydrogen) atoms. The summed E-state index contributed by atoms with van der Waals surface area (Å²) in [6, 6.07) is 5.66. The maximum Gasteiger partial charge on any atom is 0.329 e. The lowest BCUT2D eigenvalue weighted by molar-refractivity contribution is 0.100. The lowest BCUT2D eigenvalue weighted by atomic mass is 10.2. The molecule has 0 saturated heterocycles. The Morgan fingerprint density at radius 3 is 2.78 bits per heavy atom. The molecule has 0 aliphatic carbocycles. The van der Waals surface area contributed by atoms with Crippen LogP contribution in [0.1, 0.15) is 20.8 Å². The third kappa shape index (κ3) is 2.57. The van der Waals surface area contributed by atoms with Gasteiger partial charge in [-0.3, -0.25) is 19.1 Å². The number of H-pyrrole nitrogens is 1. The van der Waals surface area contributed by atoms with E-state index in [1.165, 1.54) is 18.2 Å². The van der Waals surface area contributed by atoms with Gasteiger partial charge in [-0.2, -0.15) is 0 Å². The Labute approximate surface area is 133 Å². The van der Waals surface area contributed by atoms with Crippen molar-refractivity contribution in [3.63, 3.8) is 0 Å². The molecule has 8 heteroatoms. The summed E-state index contributed by atoms with van der Waals surface area (Å²) in [5.74, 6) is -1.10. The number of nitrogens with one attached hydrogen (secondary N) is 1. The molecule has 2 aromatic heterocycles. The largest absolute Gasteiger partial charge is 0.365 e. The van der Waals surface area contributed by atoms with Gasteiger partial charge >= 0.3 is 5.69 Å². The van der Waals surface area contributed by atoms with E-state index in [2.05, 4.69) is 4.98 Å². The molecule has 0 aliphatic rings. The Kier molecular flexibility index (Phi) is 3.61. The normalized spacial score (nSPS) is 11.0. The number of fused-ring (bicyclic) bond motifs is 1. The first-order valence-corrected chi connectivity index (χ1v) is 7.50. The molecule has 0 unspecified atom stereocenters. The molecule has 6 nitrogen and oxygen atoms in total. The van der Waals surface area contributed by atoms with Crippen molar-refractivity contribution in [1.29, 1.82) is 0 Å². The Bertz CT molecular complexity index is 1050. The van der Waals surface area contributed by atoms with Crippen molar-refractivity contribution in [2.24, 2.45) is 5.73 Å². The lowest BCUT2D eigenvalue weighted by Crippen LogP contribution is -2.35. The smallest absolute Gasteiger partial charge is 0.329 e. The molecule has 0 aliphatic heterocycles. The van der Waals surface area contributed by atoms with Crippen molar-refractivity contribution in [2.45, 2.75) is 13.5 Å². The van der Waals surface area contributed by atoms with E-state index in [4.69, 9.17) is 5.73 Å². The van der Waals surface area contributed by atoms with Crippen LogP contribution in [0.25, 0.3) is 10.2 Å². The van der Waals surface area contributed by atoms with Crippen LogP contribution in [0.5, 0.6) is 0 Å². The van der Waals surface area contributed by atoms with E-state index in [-0.39, 0.29) is 16.8 Å². The number of thiophene rings is 1. The minimum absolute atomic E-state index is 0.0664. The van der Waals surface area contributed by atoms with Gasteiger partial charge in [-0.1, -0.05) is 12.1 Å². The van der Waals surface area contributed by atoms with Gasteiger partial charge in [0.2, 0.25) is 0 Å². The monoisotopic (exact) mass is 333 g/mol. The Morgan fingerprint density at radius 1 is 1.39 bits per heavy atom. The van der Waals surface area contributed by atoms with Crippen LogP contribution < -0.4 is 17.0 Å². The number of aryl methyl sites for hydroxylation is 1. The molecule has 1 amide bonds. The minimum atomic E-state index is -0.652. The summed E-state index contributed by atoms with van der Waals surface area (Å²) >= 11 is 0.974. The van der Waals surface area contributed by atoms with Gasteiger partial charge in [0.25, 0.3) is 11.5 Å². The van der Waals surface area contributed by atoms with Gasteiger partial charge in [0.05, 0.1) is 16.8 Å². The summed E-state index contributed by atoms with van der Waals surface area (Å²) < 4.78 is 14.2. The number of carbonyl (C=O) groups is 1.